The Morgan fingerprint density at radius 3 is 2.33 bits per heavy atom. The smallest absolute Gasteiger partial charge is 0.335 e. The van der Waals surface area contributed by atoms with E-state index in [2.05, 4.69) is 4.72 Å². The van der Waals surface area contributed by atoms with Crippen molar-refractivity contribution in [3.63, 3.8) is 0 Å². The Morgan fingerprint density at radius 2 is 1.71 bits per heavy atom. The molecule has 2 aromatic carbocycles. The van der Waals surface area contributed by atoms with Crippen LogP contribution < -0.4 is 4.72 Å². The van der Waals surface area contributed by atoms with Crippen molar-refractivity contribution in [3.8, 4) is 0 Å². The molecule has 0 aliphatic heterocycles. The second kappa shape index (κ2) is 5.97. The molecule has 0 aliphatic carbocycles. The molecule has 0 aromatic heterocycles. The van der Waals surface area contributed by atoms with E-state index in [0.717, 1.165) is 17.4 Å². The number of rotatable bonds is 5. The van der Waals surface area contributed by atoms with E-state index in [1.54, 1.807) is 30.3 Å². The molecule has 0 aliphatic rings. The summed E-state index contributed by atoms with van der Waals surface area (Å²) in [6, 6.07) is 13.7. The molecule has 2 N–H and O–H groups in total. The first kappa shape index (κ1) is 15.1. The first-order chi connectivity index (χ1) is 9.83. The summed E-state index contributed by atoms with van der Waals surface area (Å²) in [5.74, 6) is -0.968. The summed E-state index contributed by atoms with van der Waals surface area (Å²) >= 11 is 0. The highest BCUT2D eigenvalue weighted by molar-refractivity contribution is 7.92. The molecule has 2 rings (SSSR count). The van der Waals surface area contributed by atoms with Crippen molar-refractivity contribution in [1.29, 1.82) is 0 Å². The van der Waals surface area contributed by atoms with Gasteiger partial charge >= 0.3 is 5.97 Å². The van der Waals surface area contributed by atoms with Gasteiger partial charge in [0, 0.05) is 5.69 Å². The third-order valence-electron chi connectivity index (χ3n) is 2.81. The maximum atomic E-state index is 11.2. The fraction of sp³-hybridized carbons (Fsp3) is 0.133. The number of carbonyl (C=O) groups is 1. The van der Waals surface area contributed by atoms with Crippen LogP contribution in [0.3, 0.4) is 0 Å². The lowest BCUT2D eigenvalue weighted by molar-refractivity contribution is 0.0696. The Bertz CT molecular complexity index is 769. The lowest BCUT2D eigenvalue weighted by atomic mass is 10.0. The van der Waals surface area contributed by atoms with E-state index in [-0.39, 0.29) is 5.56 Å². The van der Waals surface area contributed by atoms with Crippen LogP contribution in [0.15, 0.2) is 48.5 Å². The van der Waals surface area contributed by atoms with E-state index in [1.807, 2.05) is 12.1 Å². The number of hydrogen-bond acceptors (Lipinski definition) is 3. The summed E-state index contributed by atoms with van der Waals surface area (Å²) in [5.41, 5.74) is 2.47. The molecule has 0 heterocycles. The minimum absolute atomic E-state index is 0.234. The van der Waals surface area contributed by atoms with Gasteiger partial charge < -0.3 is 5.11 Å². The van der Waals surface area contributed by atoms with Crippen LogP contribution in [-0.4, -0.2) is 25.7 Å². The van der Waals surface area contributed by atoms with Gasteiger partial charge in [0.05, 0.1) is 11.8 Å². The zero-order chi connectivity index (χ0) is 15.5. The first-order valence-electron chi connectivity index (χ1n) is 6.22. The van der Waals surface area contributed by atoms with E-state index in [0.29, 0.717) is 12.1 Å². The van der Waals surface area contributed by atoms with Crippen molar-refractivity contribution in [1.82, 2.24) is 0 Å². The van der Waals surface area contributed by atoms with Gasteiger partial charge in [0.15, 0.2) is 0 Å². The summed E-state index contributed by atoms with van der Waals surface area (Å²) in [6.45, 7) is 0. The molecule has 0 fully saturated rings. The van der Waals surface area contributed by atoms with Crippen molar-refractivity contribution in [2.24, 2.45) is 0 Å². The van der Waals surface area contributed by atoms with Crippen molar-refractivity contribution >= 4 is 21.7 Å². The zero-order valence-electron chi connectivity index (χ0n) is 11.4. The molecule has 0 saturated heterocycles. The third-order valence-corrected chi connectivity index (χ3v) is 3.42. The number of anilines is 1. The third kappa shape index (κ3) is 4.61. The molecule has 0 atom stereocenters. The SMILES string of the molecule is CS(=O)(=O)Nc1cccc(Cc2cccc(C(=O)O)c2)c1. The Balaban J connectivity index is 2.22. The minimum atomic E-state index is -3.31. The predicted molar refractivity (Wildman–Crippen MR) is 81.1 cm³/mol. The molecular weight excluding hydrogens is 290 g/mol. The highest BCUT2D eigenvalue weighted by Gasteiger charge is 2.06. The van der Waals surface area contributed by atoms with Gasteiger partial charge in [-0.15, -0.1) is 0 Å². The van der Waals surface area contributed by atoms with E-state index in [1.165, 1.54) is 6.07 Å². The number of aromatic carboxylic acids is 1. The van der Waals surface area contributed by atoms with Gasteiger partial charge in [0.2, 0.25) is 10.0 Å². The van der Waals surface area contributed by atoms with Crippen LogP contribution in [0.2, 0.25) is 0 Å². The van der Waals surface area contributed by atoms with Crippen molar-refractivity contribution in [2.45, 2.75) is 6.42 Å². The van der Waals surface area contributed by atoms with E-state index >= 15 is 0 Å². The maximum absolute atomic E-state index is 11.2. The van der Waals surface area contributed by atoms with Crippen LogP contribution in [-0.2, 0) is 16.4 Å². The molecule has 5 nitrogen and oxygen atoms in total. The minimum Gasteiger partial charge on any atom is -0.478 e. The number of benzene rings is 2. The maximum Gasteiger partial charge on any atom is 0.335 e. The molecular formula is C15H15NO4S. The number of sulfonamides is 1. The largest absolute Gasteiger partial charge is 0.478 e. The second-order valence-corrected chi connectivity index (χ2v) is 6.51. The van der Waals surface area contributed by atoms with Crippen LogP contribution in [0, 0.1) is 0 Å². The Morgan fingerprint density at radius 1 is 1.10 bits per heavy atom. The Kier molecular flexibility index (Phi) is 4.28. The fourth-order valence-corrected chi connectivity index (χ4v) is 2.56. The number of carboxylic acid groups (broad SMARTS) is 1. The first-order valence-corrected chi connectivity index (χ1v) is 8.11. The molecule has 0 unspecified atom stereocenters. The lowest BCUT2D eigenvalue weighted by Gasteiger charge is -2.07. The van der Waals surface area contributed by atoms with Gasteiger partial charge in [-0.2, -0.15) is 0 Å². The molecule has 0 saturated carbocycles. The number of hydrogen-bond donors (Lipinski definition) is 2. The summed E-state index contributed by atoms with van der Waals surface area (Å²) in [5, 5.41) is 8.97. The van der Waals surface area contributed by atoms with Gasteiger partial charge in [0.1, 0.15) is 0 Å². The van der Waals surface area contributed by atoms with Crippen molar-refractivity contribution in [2.75, 3.05) is 11.0 Å². The normalized spacial score (nSPS) is 11.1. The van der Waals surface area contributed by atoms with Crippen LogP contribution in [0.4, 0.5) is 5.69 Å². The average molecular weight is 305 g/mol. The molecule has 21 heavy (non-hydrogen) atoms. The van der Waals surface area contributed by atoms with Crippen LogP contribution in [0.25, 0.3) is 0 Å². The monoisotopic (exact) mass is 305 g/mol. The lowest BCUT2D eigenvalue weighted by Crippen LogP contribution is -2.09. The summed E-state index contributed by atoms with van der Waals surface area (Å²) in [6.07, 6.45) is 1.62. The molecule has 0 bridgehead atoms. The predicted octanol–water partition coefficient (Wildman–Crippen LogP) is 2.35. The van der Waals surface area contributed by atoms with Gasteiger partial charge in [-0.1, -0.05) is 24.3 Å². The van der Waals surface area contributed by atoms with E-state index in [9.17, 15) is 13.2 Å². The summed E-state index contributed by atoms with van der Waals surface area (Å²) in [4.78, 5) is 10.9. The van der Waals surface area contributed by atoms with Crippen molar-refractivity contribution < 1.29 is 18.3 Å². The van der Waals surface area contributed by atoms with E-state index < -0.39 is 16.0 Å². The van der Waals surface area contributed by atoms with Gasteiger partial charge in [-0.25, -0.2) is 13.2 Å². The number of nitrogens with one attached hydrogen (secondary N) is 1. The van der Waals surface area contributed by atoms with Gasteiger partial charge in [-0.05, 0) is 41.8 Å². The summed E-state index contributed by atoms with van der Waals surface area (Å²) in [7, 11) is -3.31. The molecule has 110 valence electrons. The van der Waals surface area contributed by atoms with Gasteiger partial charge in [0.25, 0.3) is 0 Å². The average Bonchev–Trinajstić information content (AvgIpc) is 2.37. The standard InChI is InChI=1S/C15H15NO4S/c1-21(19,20)16-14-7-3-5-12(10-14)8-11-4-2-6-13(9-11)15(17)18/h2-7,9-10,16H,8H2,1H3,(H,17,18). The fourth-order valence-electron chi connectivity index (χ4n) is 2.01. The second-order valence-electron chi connectivity index (χ2n) is 4.76. The highest BCUT2D eigenvalue weighted by atomic mass is 32.2. The Labute approximate surface area is 123 Å². The highest BCUT2D eigenvalue weighted by Crippen LogP contribution is 2.16. The molecule has 2 aromatic rings. The molecule has 0 amide bonds. The Hall–Kier alpha value is -2.34. The van der Waals surface area contributed by atoms with Gasteiger partial charge in [-0.3, -0.25) is 4.72 Å². The van der Waals surface area contributed by atoms with Crippen LogP contribution in [0.1, 0.15) is 21.5 Å². The topological polar surface area (TPSA) is 83.5 Å². The zero-order valence-corrected chi connectivity index (χ0v) is 12.2. The quantitative estimate of drug-likeness (QED) is 0.888. The summed E-state index contributed by atoms with van der Waals surface area (Å²) < 4.78 is 24.8. The molecule has 0 radical (unpaired) electrons. The molecule has 6 heteroatoms. The van der Waals surface area contributed by atoms with Crippen molar-refractivity contribution in [3.05, 3.63) is 65.2 Å². The van der Waals surface area contributed by atoms with Crippen LogP contribution >= 0.6 is 0 Å². The number of carboxylic acids is 1. The van der Waals surface area contributed by atoms with E-state index in [4.69, 9.17) is 5.11 Å². The van der Waals surface area contributed by atoms with Crippen LogP contribution in [0.5, 0.6) is 0 Å². The molecule has 0 spiro atoms.